The minimum atomic E-state index is -0.364. The minimum absolute atomic E-state index is 0.0231. The van der Waals surface area contributed by atoms with Gasteiger partial charge in [-0.05, 0) is 48.2 Å². The molecule has 0 saturated carbocycles. The Bertz CT molecular complexity index is 1050. The van der Waals surface area contributed by atoms with Gasteiger partial charge in [0.1, 0.15) is 12.6 Å². The smallest absolute Gasteiger partial charge is 0.251 e. The van der Waals surface area contributed by atoms with Crippen molar-refractivity contribution in [1.82, 2.24) is 15.3 Å². The molecule has 0 spiro atoms. The zero-order valence-corrected chi connectivity index (χ0v) is 17.2. The third-order valence-corrected chi connectivity index (χ3v) is 5.81. The van der Waals surface area contributed by atoms with Crippen LogP contribution in [0.2, 0.25) is 0 Å². The molecular weight excluding hydrogens is 396 g/mol. The second-order valence-electron chi connectivity index (χ2n) is 7.82. The average molecular weight is 420 g/mol. The summed E-state index contributed by atoms with van der Waals surface area (Å²) in [6.07, 6.45) is 4.95. The second kappa shape index (κ2) is 7.96. The van der Waals surface area contributed by atoms with E-state index in [1.165, 1.54) is 4.90 Å². The quantitative estimate of drug-likeness (QED) is 0.774. The summed E-state index contributed by atoms with van der Waals surface area (Å²) in [6, 6.07) is 13.2. The first-order valence-corrected chi connectivity index (χ1v) is 10.4. The molecule has 0 radical (unpaired) electrons. The number of hydrogen-bond acceptors (Lipinski definition) is 6. The highest BCUT2D eigenvalue weighted by Crippen LogP contribution is 2.37. The van der Waals surface area contributed by atoms with Gasteiger partial charge in [0.25, 0.3) is 5.91 Å². The predicted molar refractivity (Wildman–Crippen MR) is 114 cm³/mol. The Morgan fingerprint density at radius 2 is 2.03 bits per heavy atom. The average Bonchev–Trinajstić information content (AvgIpc) is 3.42. The van der Waals surface area contributed by atoms with Crippen LogP contribution >= 0.6 is 0 Å². The van der Waals surface area contributed by atoms with E-state index in [1.807, 2.05) is 53.7 Å². The van der Waals surface area contributed by atoms with Crippen molar-refractivity contribution < 1.29 is 19.1 Å². The number of benzene rings is 2. The molecule has 31 heavy (non-hydrogen) atoms. The molecule has 2 unspecified atom stereocenters. The van der Waals surface area contributed by atoms with Gasteiger partial charge in [-0.1, -0.05) is 25.1 Å². The lowest BCUT2D eigenvalue weighted by Gasteiger charge is -2.31. The maximum Gasteiger partial charge on any atom is 0.251 e. The Morgan fingerprint density at radius 3 is 2.90 bits per heavy atom. The molecule has 0 bridgehead atoms. The fourth-order valence-electron chi connectivity index (χ4n) is 4.14. The van der Waals surface area contributed by atoms with Crippen LogP contribution in [0.4, 0.5) is 5.69 Å². The largest absolute Gasteiger partial charge is 0.454 e. The maximum atomic E-state index is 13.0. The zero-order valence-electron chi connectivity index (χ0n) is 17.2. The molecule has 2 amide bonds. The van der Waals surface area contributed by atoms with Gasteiger partial charge in [-0.2, -0.15) is 0 Å². The van der Waals surface area contributed by atoms with E-state index in [-0.39, 0.29) is 37.2 Å². The number of hydrogen-bond donors (Lipinski definition) is 2. The van der Waals surface area contributed by atoms with E-state index >= 15 is 0 Å². The minimum Gasteiger partial charge on any atom is -0.454 e. The van der Waals surface area contributed by atoms with Crippen LogP contribution in [-0.2, 0) is 16.0 Å². The number of nitrogens with one attached hydrogen (secondary N) is 2. The van der Waals surface area contributed by atoms with E-state index in [1.54, 1.807) is 6.20 Å². The fourth-order valence-corrected chi connectivity index (χ4v) is 4.14. The van der Waals surface area contributed by atoms with Crippen molar-refractivity contribution in [3.63, 3.8) is 0 Å². The monoisotopic (exact) mass is 420 g/mol. The summed E-state index contributed by atoms with van der Waals surface area (Å²) in [7, 11) is 0. The summed E-state index contributed by atoms with van der Waals surface area (Å²) in [5, 5.41) is 4.70. The van der Waals surface area contributed by atoms with E-state index < -0.39 is 0 Å². The molecule has 160 valence electrons. The molecule has 0 aliphatic carbocycles. The van der Waals surface area contributed by atoms with Gasteiger partial charge in [-0.25, -0.2) is 5.43 Å². The topological polar surface area (TPSA) is 83.1 Å². The highest BCUT2D eigenvalue weighted by molar-refractivity contribution is 5.96. The highest BCUT2D eigenvalue weighted by Gasteiger charge is 2.40. The zero-order chi connectivity index (χ0) is 21.4. The van der Waals surface area contributed by atoms with Gasteiger partial charge in [0.2, 0.25) is 12.7 Å². The molecule has 0 aromatic heterocycles. The summed E-state index contributed by atoms with van der Waals surface area (Å²) in [4.78, 5) is 27.0. The van der Waals surface area contributed by atoms with Crippen LogP contribution < -0.4 is 20.2 Å². The molecule has 2 aromatic rings. The number of aryl methyl sites for hydroxylation is 1. The van der Waals surface area contributed by atoms with Gasteiger partial charge in [0.15, 0.2) is 11.5 Å². The Kier molecular flexibility index (Phi) is 4.99. The lowest BCUT2D eigenvalue weighted by Crippen LogP contribution is -2.49. The van der Waals surface area contributed by atoms with E-state index in [9.17, 15) is 9.59 Å². The van der Waals surface area contributed by atoms with Crippen molar-refractivity contribution >= 4 is 17.5 Å². The molecule has 2 atom stereocenters. The molecule has 3 aliphatic heterocycles. The standard InChI is InChI=1S/C23H24N4O4/c1-2-15-4-3-5-17(10-15)24-22(28)13-26-8-9-27-19(23(26)29)12-18(25-27)16-6-7-20-21(11-16)31-14-30-20/h3-11,18-19,25H,2,12-14H2,1H3,(H,24,28). The third-order valence-electron chi connectivity index (χ3n) is 5.81. The number of carbonyl (C=O) groups is 2. The SMILES string of the molecule is CCc1cccc(NC(=O)CN2C=CN3NC(c4ccc5c(c4)OCO5)CC3C2=O)c1. The molecular formula is C23H24N4O4. The Hall–Kier alpha value is -3.52. The molecule has 8 nitrogen and oxygen atoms in total. The van der Waals surface area contributed by atoms with Crippen LogP contribution in [0.15, 0.2) is 54.9 Å². The Labute approximate surface area is 180 Å². The number of nitrogens with zero attached hydrogens (tertiary/aromatic N) is 2. The molecule has 3 aliphatic rings. The van der Waals surface area contributed by atoms with E-state index in [0.29, 0.717) is 6.42 Å². The normalized spacial score (nSPS) is 21.4. The number of anilines is 1. The van der Waals surface area contributed by atoms with Gasteiger partial charge in [-0.15, -0.1) is 0 Å². The van der Waals surface area contributed by atoms with Crippen molar-refractivity contribution in [2.45, 2.75) is 31.8 Å². The van der Waals surface area contributed by atoms with Gasteiger partial charge in [0, 0.05) is 18.1 Å². The first kappa shape index (κ1) is 19.4. The van der Waals surface area contributed by atoms with Gasteiger partial charge >= 0.3 is 0 Å². The van der Waals surface area contributed by atoms with Crippen LogP contribution in [0.1, 0.15) is 30.5 Å². The molecule has 2 N–H and O–H groups in total. The molecule has 5 rings (SSSR count). The van der Waals surface area contributed by atoms with Crippen molar-refractivity contribution in [1.29, 1.82) is 0 Å². The first-order chi connectivity index (χ1) is 15.1. The summed E-state index contributed by atoms with van der Waals surface area (Å²) in [5.41, 5.74) is 6.27. The van der Waals surface area contributed by atoms with Gasteiger partial charge < -0.3 is 24.7 Å². The van der Waals surface area contributed by atoms with Crippen molar-refractivity contribution in [3.05, 3.63) is 66.0 Å². The van der Waals surface area contributed by atoms with Crippen LogP contribution in [0.3, 0.4) is 0 Å². The van der Waals surface area contributed by atoms with Crippen LogP contribution in [0, 0.1) is 0 Å². The molecule has 8 heteroatoms. The van der Waals surface area contributed by atoms with E-state index in [0.717, 1.165) is 34.7 Å². The maximum absolute atomic E-state index is 13.0. The number of rotatable bonds is 5. The number of fused-ring (bicyclic) bond motifs is 2. The Morgan fingerprint density at radius 1 is 1.16 bits per heavy atom. The predicted octanol–water partition coefficient (Wildman–Crippen LogP) is 2.55. The second-order valence-corrected chi connectivity index (χ2v) is 7.82. The first-order valence-electron chi connectivity index (χ1n) is 10.4. The van der Waals surface area contributed by atoms with E-state index in [2.05, 4.69) is 17.7 Å². The molecule has 1 saturated heterocycles. The summed E-state index contributed by atoms with van der Waals surface area (Å²) in [6.45, 7) is 2.27. The summed E-state index contributed by atoms with van der Waals surface area (Å²) in [5.74, 6) is 1.13. The molecule has 2 aromatic carbocycles. The highest BCUT2D eigenvalue weighted by atomic mass is 16.7. The Balaban J connectivity index is 1.23. The van der Waals surface area contributed by atoms with Crippen LogP contribution in [0.5, 0.6) is 11.5 Å². The van der Waals surface area contributed by atoms with Crippen molar-refractivity contribution in [3.8, 4) is 11.5 Å². The van der Waals surface area contributed by atoms with Gasteiger partial charge in [-0.3, -0.25) is 9.59 Å². The number of hydrazine groups is 1. The van der Waals surface area contributed by atoms with E-state index in [4.69, 9.17) is 9.47 Å². The van der Waals surface area contributed by atoms with Crippen molar-refractivity contribution in [2.75, 3.05) is 18.7 Å². The van der Waals surface area contributed by atoms with Crippen molar-refractivity contribution in [2.24, 2.45) is 0 Å². The van der Waals surface area contributed by atoms with Crippen LogP contribution in [0.25, 0.3) is 0 Å². The lowest BCUT2D eigenvalue weighted by molar-refractivity contribution is -0.137. The fraction of sp³-hybridized carbons (Fsp3) is 0.304. The molecule has 1 fully saturated rings. The lowest BCUT2D eigenvalue weighted by atomic mass is 10.0. The van der Waals surface area contributed by atoms with Gasteiger partial charge in [0.05, 0.1) is 6.04 Å². The summed E-state index contributed by atoms with van der Waals surface area (Å²) >= 11 is 0. The number of carbonyl (C=O) groups excluding carboxylic acids is 2. The number of amides is 2. The summed E-state index contributed by atoms with van der Waals surface area (Å²) < 4.78 is 10.8. The van der Waals surface area contributed by atoms with Crippen LogP contribution in [-0.4, -0.2) is 41.1 Å². The third kappa shape index (κ3) is 3.82. The number of ether oxygens (including phenoxy) is 2. The molecule has 3 heterocycles.